The molecular formula is C51H30N4O2. The highest BCUT2D eigenvalue weighted by atomic mass is 16.3. The highest BCUT2D eigenvalue weighted by Crippen LogP contribution is 2.43. The summed E-state index contributed by atoms with van der Waals surface area (Å²) in [6.45, 7) is 0. The molecule has 57 heavy (non-hydrogen) atoms. The molecule has 0 amide bonds. The number of hydrogen-bond acceptors (Lipinski definition) is 5. The fourth-order valence-corrected chi connectivity index (χ4v) is 8.42. The van der Waals surface area contributed by atoms with E-state index < -0.39 is 0 Å². The van der Waals surface area contributed by atoms with Crippen molar-refractivity contribution in [3.63, 3.8) is 0 Å². The zero-order chi connectivity index (χ0) is 37.5. The smallest absolute Gasteiger partial charge is 0.164 e. The molecule has 0 saturated heterocycles. The van der Waals surface area contributed by atoms with Crippen molar-refractivity contribution in [3.05, 3.63) is 182 Å². The molecule has 0 spiro atoms. The molecular weight excluding hydrogens is 701 g/mol. The largest absolute Gasteiger partial charge is 0.455 e. The van der Waals surface area contributed by atoms with E-state index in [1.54, 1.807) is 0 Å². The number of para-hydroxylation sites is 4. The second-order valence-electron chi connectivity index (χ2n) is 14.4. The molecule has 0 fully saturated rings. The monoisotopic (exact) mass is 730 g/mol. The van der Waals surface area contributed by atoms with Crippen LogP contribution in [0.25, 0.3) is 117 Å². The van der Waals surface area contributed by atoms with Crippen LogP contribution >= 0.6 is 0 Å². The molecule has 12 aromatic rings. The van der Waals surface area contributed by atoms with E-state index in [-0.39, 0.29) is 0 Å². The number of fused-ring (bicyclic) bond motifs is 9. The first kappa shape index (κ1) is 31.5. The number of furan rings is 2. The van der Waals surface area contributed by atoms with Crippen LogP contribution in [0.2, 0.25) is 0 Å². The Morgan fingerprint density at radius 2 is 0.877 bits per heavy atom. The Morgan fingerprint density at radius 1 is 0.333 bits per heavy atom. The van der Waals surface area contributed by atoms with Crippen LogP contribution in [0.5, 0.6) is 0 Å². The first-order valence-electron chi connectivity index (χ1n) is 19.0. The SMILES string of the molecule is c1ccc(-c2nc(-c3ccccc3)nc(-c3ccc4c(c3)oc3c(-n5c6ccccc6c6ccccc65)cc(-c5cccc6c5oc5ccccc56)cc34)n2)cc1. The number of nitrogens with zero attached hydrogens (tertiary/aromatic N) is 4. The summed E-state index contributed by atoms with van der Waals surface area (Å²) in [5.41, 5.74) is 11.2. The van der Waals surface area contributed by atoms with Crippen LogP contribution in [0, 0.1) is 0 Å². The van der Waals surface area contributed by atoms with Crippen molar-refractivity contribution < 1.29 is 8.83 Å². The Bertz CT molecular complexity index is 3410. The van der Waals surface area contributed by atoms with Crippen molar-refractivity contribution in [1.29, 1.82) is 0 Å². The first-order chi connectivity index (χ1) is 28.2. The molecule has 4 heterocycles. The lowest BCUT2D eigenvalue weighted by molar-refractivity contribution is 0.666. The van der Waals surface area contributed by atoms with Crippen LogP contribution in [-0.4, -0.2) is 19.5 Å². The van der Waals surface area contributed by atoms with Crippen LogP contribution in [0.1, 0.15) is 0 Å². The zero-order valence-electron chi connectivity index (χ0n) is 30.4. The first-order valence-corrected chi connectivity index (χ1v) is 19.0. The molecule has 4 aromatic heterocycles. The summed E-state index contributed by atoms with van der Waals surface area (Å²) in [6, 6.07) is 62.6. The van der Waals surface area contributed by atoms with Crippen molar-refractivity contribution in [2.45, 2.75) is 0 Å². The summed E-state index contributed by atoms with van der Waals surface area (Å²) >= 11 is 0. The third kappa shape index (κ3) is 4.94. The number of hydrogen-bond donors (Lipinski definition) is 0. The lowest BCUT2D eigenvalue weighted by Crippen LogP contribution is -2.00. The normalized spacial score (nSPS) is 11.9. The van der Waals surface area contributed by atoms with Gasteiger partial charge in [0.2, 0.25) is 0 Å². The van der Waals surface area contributed by atoms with E-state index in [1.807, 2.05) is 72.8 Å². The molecule has 6 heteroatoms. The summed E-state index contributed by atoms with van der Waals surface area (Å²) < 4.78 is 15.9. The van der Waals surface area contributed by atoms with Gasteiger partial charge in [0.25, 0.3) is 0 Å². The summed E-state index contributed by atoms with van der Waals surface area (Å²) in [5.74, 6) is 1.80. The summed E-state index contributed by atoms with van der Waals surface area (Å²) in [4.78, 5) is 14.9. The molecule has 0 saturated carbocycles. The lowest BCUT2D eigenvalue weighted by Gasteiger charge is -2.12. The quantitative estimate of drug-likeness (QED) is 0.176. The minimum atomic E-state index is 0.574. The topological polar surface area (TPSA) is 69.9 Å². The van der Waals surface area contributed by atoms with E-state index in [2.05, 4.69) is 114 Å². The van der Waals surface area contributed by atoms with Crippen LogP contribution in [0.3, 0.4) is 0 Å². The second kappa shape index (κ2) is 12.3. The highest BCUT2D eigenvalue weighted by molar-refractivity contribution is 6.15. The second-order valence-corrected chi connectivity index (χ2v) is 14.4. The average Bonchev–Trinajstić information content (AvgIpc) is 3.96. The number of benzene rings is 8. The van der Waals surface area contributed by atoms with Gasteiger partial charge in [-0.25, -0.2) is 15.0 Å². The van der Waals surface area contributed by atoms with Crippen LogP contribution in [0.4, 0.5) is 0 Å². The van der Waals surface area contributed by atoms with Gasteiger partial charge in [-0.05, 0) is 48.0 Å². The molecule has 0 radical (unpaired) electrons. The Kier molecular flexibility index (Phi) is 6.83. The van der Waals surface area contributed by atoms with E-state index in [0.717, 1.165) is 88.4 Å². The molecule has 6 nitrogen and oxygen atoms in total. The molecule has 0 aliphatic rings. The molecule has 0 unspecified atom stereocenters. The van der Waals surface area contributed by atoms with Gasteiger partial charge in [-0.15, -0.1) is 0 Å². The van der Waals surface area contributed by atoms with Crippen molar-refractivity contribution in [2.24, 2.45) is 0 Å². The predicted octanol–water partition coefficient (Wildman–Crippen LogP) is 13.4. The van der Waals surface area contributed by atoms with Gasteiger partial charge in [-0.2, -0.15) is 0 Å². The Hall–Kier alpha value is -7.83. The van der Waals surface area contributed by atoms with Crippen molar-refractivity contribution in [1.82, 2.24) is 19.5 Å². The molecule has 12 rings (SSSR count). The standard InChI is InChI=1S/C51H30N4O2/c1-3-14-31(15-4-1)49-52-50(32-16-5-2-6-17-32)54-51(53-49)33-26-27-39-41-28-34(35-21-13-22-40-38-20-9-12-25-45(38)56-47(35)40)29-44(48(41)57-46(39)30-33)55-42-23-10-7-18-36(42)37-19-8-11-24-43(37)55/h1-30H. The molecule has 0 bridgehead atoms. The van der Waals surface area contributed by atoms with Gasteiger partial charge in [0.15, 0.2) is 23.1 Å². The average molecular weight is 731 g/mol. The maximum Gasteiger partial charge on any atom is 0.164 e. The van der Waals surface area contributed by atoms with Gasteiger partial charge in [-0.1, -0.05) is 140 Å². The van der Waals surface area contributed by atoms with Crippen LogP contribution in [-0.2, 0) is 0 Å². The van der Waals surface area contributed by atoms with Gasteiger partial charge >= 0.3 is 0 Å². The van der Waals surface area contributed by atoms with Gasteiger partial charge in [0.05, 0.1) is 16.7 Å². The fraction of sp³-hybridized carbons (Fsp3) is 0. The van der Waals surface area contributed by atoms with Gasteiger partial charge in [-0.3, -0.25) is 0 Å². The lowest BCUT2D eigenvalue weighted by atomic mass is 9.99. The summed E-state index contributed by atoms with van der Waals surface area (Å²) in [5, 5.41) is 6.55. The third-order valence-corrected chi connectivity index (χ3v) is 11.0. The maximum absolute atomic E-state index is 7.01. The van der Waals surface area contributed by atoms with E-state index >= 15 is 0 Å². The Labute approximate surface area is 325 Å². The van der Waals surface area contributed by atoms with Crippen LogP contribution in [0.15, 0.2) is 191 Å². The Morgan fingerprint density at radius 3 is 1.56 bits per heavy atom. The Balaban J connectivity index is 1.13. The van der Waals surface area contributed by atoms with Crippen LogP contribution < -0.4 is 0 Å². The van der Waals surface area contributed by atoms with Gasteiger partial charge in [0, 0.05) is 54.6 Å². The highest BCUT2D eigenvalue weighted by Gasteiger charge is 2.22. The fourth-order valence-electron chi connectivity index (χ4n) is 8.42. The van der Waals surface area contributed by atoms with E-state index in [1.165, 1.54) is 10.8 Å². The van der Waals surface area contributed by atoms with Crippen molar-refractivity contribution in [3.8, 4) is 51.0 Å². The molecule has 0 atom stereocenters. The third-order valence-electron chi connectivity index (χ3n) is 11.0. The number of rotatable bonds is 5. The van der Waals surface area contributed by atoms with Gasteiger partial charge in [0.1, 0.15) is 16.7 Å². The number of aromatic nitrogens is 4. The molecule has 8 aromatic carbocycles. The predicted molar refractivity (Wildman–Crippen MR) is 230 cm³/mol. The van der Waals surface area contributed by atoms with Crippen molar-refractivity contribution in [2.75, 3.05) is 0 Å². The molecule has 0 aliphatic heterocycles. The van der Waals surface area contributed by atoms with Gasteiger partial charge < -0.3 is 13.4 Å². The minimum absolute atomic E-state index is 0.574. The minimum Gasteiger partial charge on any atom is -0.455 e. The summed E-state index contributed by atoms with van der Waals surface area (Å²) in [7, 11) is 0. The van der Waals surface area contributed by atoms with E-state index in [0.29, 0.717) is 17.5 Å². The molecule has 0 aliphatic carbocycles. The maximum atomic E-state index is 7.01. The van der Waals surface area contributed by atoms with E-state index in [4.69, 9.17) is 23.8 Å². The molecule has 266 valence electrons. The molecule has 0 N–H and O–H groups in total. The van der Waals surface area contributed by atoms with E-state index in [9.17, 15) is 0 Å². The zero-order valence-corrected chi connectivity index (χ0v) is 30.4. The van der Waals surface area contributed by atoms with Crippen molar-refractivity contribution >= 4 is 65.7 Å². The summed E-state index contributed by atoms with van der Waals surface area (Å²) in [6.07, 6.45) is 0.